The Morgan fingerprint density at radius 3 is 2.85 bits per heavy atom. The van der Waals surface area contributed by atoms with E-state index in [1.165, 1.54) is 23.6 Å². The topological polar surface area (TPSA) is 89.4 Å². The van der Waals surface area contributed by atoms with E-state index in [2.05, 4.69) is 20.3 Å². The van der Waals surface area contributed by atoms with Crippen molar-refractivity contribution in [3.63, 3.8) is 0 Å². The Hall–Kier alpha value is -2.76. The van der Waals surface area contributed by atoms with E-state index in [0.717, 1.165) is 42.5 Å². The van der Waals surface area contributed by atoms with Gasteiger partial charge in [0.2, 0.25) is 5.95 Å². The Morgan fingerprint density at radius 1 is 1.24 bits per heavy atom. The Morgan fingerprint density at radius 2 is 2.09 bits per heavy atom. The van der Waals surface area contributed by atoms with Crippen LogP contribution in [0.3, 0.4) is 0 Å². The number of phenolic OH excluding ortho intramolecular Hbond substituents is 1. The van der Waals surface area contributed by atoms with Crippen LogP contribution in [0.25, 0.3) is 10.7 Å². The zero-order valence-corrected chi connectivity index (χ0v) is 18.7. The van der Waals surface area contributed by atoms with Gasteiger partial charge >= 0.3 is 6.18 Å². The van der Waals surface area contributed by atoms with Gasteiger partial charge in [-0.3, -0.25) is 0 Å². The van der Waals surface area contributed by atoms with Gasteiger partial charge in [0.25, 0.3) is 0 Å². The molecule has 2 N–H and O–H groups in total. The highest BCUT2D eigenvalue weighted by Crippen LogP contribution is 2.34. The predicted octanol–water partition coefficient (Wildman–Crippen LogP) is 5.46. The minimum Gasteiger partial charge on any atom is -0.508 e. The molecule has 1 unspecified atom stereocenters. The Kier molecular flexibility index (Phi) is 7.11. The van der Waals surface area contributed by atoms with Gasteiger partial charge in [0.05, 0.1) is 17.9 Å². The number of rotatable bonds is 7. The van der Waals surface area contributed by atoms with E-state index in [-0.39, 0.29) is 17.9 Å². The molecule has 1 aliphatic heterocycles. The summed E-state index contributed by atoms with van der Waals surface area (Å²) in [6.07, 6.45) is 0.561. The van der Waals surface area contributed by atoms with E-state index in [1.54, 1.807) is 6.07 Å². The molecule has 11 heteroatoms. The minimum absolute atomic E-state index is 0.0255. The summed E-state index contributed by atoms with van der Waals surface area (Å²) in [6.45, 7) is 3.18. The third-order valence-electron chi connectivity index (χ3n) is 5.04. The summed E-state index contributed by atoms with van der Waals surface area (Å²) in [7, 11) is 0. The number of halogens is 3. The van der Waals surface area contributed by atoms with E-state index in [9.17, 15) is 18.3 Å². The van der Waals surface area contributed by atoms with Gasteiger partial charge in [-0.05, 0) is 44.4 Å². The van der Waals surface area contributed by atoms with Crippen LogP contribution >= 0.6 is 11.3 Å². The molecule has 176 valence electrons. The quantitative estimate of drug-likeness (QED) is 0.464. The lowest BCUT2D eigenvalue weighted by atomic mass is 10.2. The van der Waals surface area contributed by atoms with E-state index in [4.69, 9.17) is 9.47 Å². The fourth-order valence-electron chi connectivity index (χ4n) is 3.41. The molecular formula is C22H23F3N4O3S. The van der Waals surface area contributed by atoms with Crippen molar-refractivity contribution in [3.05, 3.63) is 46.6 Å². The Balaban J connectivity index is 1.45. The first-order valence-corrected chi connectivity index (χ1v) is 11.3. The van der Waals surface area contributed by atoms with Crippen molar-refractivity contribution < 1.29 is 27.8 Å². The molecular weight excluding hydrogens is 457 g/mol. The third-order valence-corrected chi connectivity index (χ3v) is 6.28. The second-order valence-corrected chi connectivity index (χ2v) is 8.68. The first-order chi connectivity index (χ1) is 15.8. The minimum atomic E-state index is -4.58. The van der Waals surface area contributed by atoms with Crippen LogP contribution in [0.2, 0.25) is 0 Å². The first-order valence-electron chi connectivity index (χ1n) is 10.5. The van der Waals surface area contributed by atoms with E-state index < -0.39 is 17.5 Å². The summed E-state index contributed by atoms with van der Waals surface area (Å²) >= 11 is 1.48. The number of nitrogens with zero attached hydrogens (tertiary/aromatic N) is 3. The van der Waals surface area contributed by atoms with E-state index in [1.807, 2.05) is 6.92 Å². The number of aromatic nitrogens is 3. The molecule has 3 aromatic rings. The van der Waals surface area contributed by atoms with Crippen molar-refractivity contribution in [3.8, 4) is 16.5 Å². The molecule has 2 aromatic heterocycles. The summed E-state index contributed by atoms with van der Waals surface area (Å²) in [5.74, 6) is -0.414. The molecule has 0 aliphatic carbocycles. The number of aryl methyl sites for hydroxylation is 1. The van der Waals surface area contributed by atoms with Crippen LogP contribution in [0.1, 0.15) is 35.4 Å². The fraction of sp³-hybridized carbons (Fsp3) is 0.409. The molecule has 1 fully saturated rings. The fourth-order valence-corrected chi connectivity index (χ4v) is 4.42. The van der Waals surface area contributed by atoms with Gasteiger partial charge in [0.15, 0.2) is 6.29 Å². The highest BCUT2D eigenvalue weighted by atomic mass is 32.1. The van der Waals surface area contributed by atoms with Gasteiger partial charge in [-0.25, -0.2) is 15.0 Å². The molecule has 0 bridgehead atoms. The zero-order chi connectivity index (χ0) is 23.4. The highest BCUT2D eigenvalue weighted by molar-refractivity contribution is 7.15. The molecule has 0 amide bonds. The molecule has 0 radical (unpaired) electrons. The number of benzene rings is 1. The van der Waals surface area contributed by atoms with Crippen LogP contribution in [-0.4, -0.2) is 39.6 Å². The average Bonchev–Trinajstić information content (AvgIpc) is 3.14. The monoisotopic (exact) mass is 480 g/mol. The number of anilines is 2. The average molecular weight is 481 g/mol. The van der Waals surface area contributed by atoms with Crippen molar-refractivity contribution in [2.24, 2.45) is 0 Å². The third kappa shape index (κ3) is 6.18. The number of ether oxygens (including phenoxy) is 2. The van der Waals surface area contributed by atoms with Crippen molar-refractivity contribution in [2.75, 3.05) is 18.5 Å². The molecule has 1 atom stereocenters. The van der Waals surface area contributed by atoms with E-state index >= 15 is 0 Å². The largest absolute Gasteiger partial charge is 0.508 e. The summed E-state index contributed by atoms with van der Waals surface area (Å²) in [4.78, 5) is 14.1. The van der Waals surface area contributed by atoms with Crippen LogP contribution < -0.4 is 5.32 Å². The summed E-state index contributed by atoms with van der Waals surface area (Å²) < 4.78 is 50.4. The number of alkyl halides is 3. The summed E-state index contributed by atoms with van der Waals surface area (Å²) in [5.41, 5.74) is 0.471. The molecule has 1 aromatic carbocycles. The molecule has 1 aliphatic rings. The smallest absolute Gasteiger partial charge is 0.416 e. The van der Waals surface area contributed by atoms with Crippen molar-refractivity contribution in [1.82, 2.24) is 15.0 Å². The lowest BCUT2D eigenvalue weighted by molar-refractivity contribution is -0.161. The molecule has 0 saturated carbocycles. The second kappa shape index (κ2) is 10.0. The molecule has 1 saturated heterocycles. The van der Waals surface area contributed by atoms with Crippen molar-refractivity contribution in [1.29, 1.82) is 0 Å². The van der Waals surface area contributed by atoms with Crippen LogP contribution in [0.4, 0.5) is 24.8 Å². The van der Waals surface area contributed by atoms with Gasteiger partial charge in [-0.2, -0.15) is 13.2 Å². The lowest BCUT2D eigenvalue weighted by Gasteiger charge is -2.22. The number of thiazole rings is 1. The second-order valence-electron chi connectivity index (χ2n) is 7.60. The predicted molar refractivity (Wildman–Crippen MR) is 118 cm³/mol. The van der Waals surface area contributed by atoms with Crippen molar-refractivity contribution in [2.45, 2.75) is 45.1 Å². The van der Waals surface area contributed by atoms with Crippen molar-refractivity contribution >= 4 is 23.0 Å². The molecule has 7 nitrogen and oxygen atoms in total. The molecule has 0 spiro atoms. The maximum absolute atomic E-state index is 13.0. The molecule has 3 heterocycles. The van der Waals surface area contributed by atoms with Crippen LogP contribution in [0, 0.1) is 6.92 Å². The zero-order valence-electron chi connectivity index (χ0n) is 17.9. The maximum atomic E-state index is 13.0. The van der Waals surface area contributed by atoms with Crippen LogP contribution in [0.15, 0.2) is 30.5 Å². The van der Waals surface area contributed by atoms with Gasteiger partial charge in [0, 0.05) is 35.9 Å². The number of nitrogens with one attached hydrogen (secondary N) is 1. The Labute approximate surface area is 192 Å². The number of hydrogen-bond donors (Lipinski definition) is 2. The number of hydrogen-bond acceptors (Lipinski definition) is 8. The first kappa shape index (κ1) is 23.4. The molecule has 33 heavy (non-hydrogen) atoms. The lowest BCUT2D eigenvalue weighted by Crippen LogP contribution is -2.23. The van der Waals surface area contributed by atoms with E-state index in [0.29, 0.717) is 29.8 Å². The van der Waals surface area contributed by atoms with Gasteiger partial charge in [0.1, 0.15) is 16.5 Å². The molecule has 4 rings (SSSR count). The normalized spacial score (nSPS) is 16.7. The van der Waals surface area contributed by atoms with Crippen LogP contribution in [-0.2, 0) is 22.1 Å². The number of aromatic hydroxyl groups is 1. The van der Waals surface area contributed by atoms with Crippen LogP contribution in [0.5, 0.6) is 5.75 Å². The maximum Gasteiger partial charge on any atom is 0.416 e. The Bertz CT molecular complexity index is 1100. The van der Waals surface area contributed by atoms with Gasteiger partial charge in [-0.15, -0.1) is 11.3 Å². The number of phenols is 1. The van der Waals surface area contributed by atoms with Gasteiger partial charge < -0.3 is 19.9 Å². The summed E-state index contributed by atoms with van der Waals surface area (Å²) in [6, 6.07) is 4.40. The highest BCUT2D eigenvalue weighted by Gasteiger charge is 2.31. The summed E-state index contributed by atoms with van der Waals surface area (Å²) in [5, 5.41) is 13.0. The van der Waals surface area contributed by atoms with Gasteiger partial charge in [-0.1, -0.05) is 0 Å². The standard InChI is InChI=1S/C22H23F3N4O3S/c1-13-18(6-9-32-19-4-2-3-8-31-19)33-20(27-13)17-5-7-26-21(29-17)28-15-10-14(22(23,24)25)11-16(30)12-15/h5,7,10-12,19,30H,2-4,6,8-9H2,1H3,(H,26,28,29). The SMILES string of the molecule is Cc1nc(-c2ccnc(Nc3cc(O)cc(C(F)(F)F)c3)n2)sc1CCOC1CCCCO1.